The number of benzene rings is 2. The van der Waals surface area contributed by atoms with E-state index >= 15 is 0 Å². The van der Waals surface area contributed by atoms with Crippen molar-refractivity contribution in [3.63, 3.8) is 0 Å². The number of nitrogens with one attached hydrogen (secondary N) is 1. The van der Waals surface area contributed by atoms with Crippen LogP contribution in [0.1, 0.15) is 43.0 Å². The van der Waals surface area contributed by atoms with Gasteiger partial charge in [-0.1, -0.05) is 32.2 Å². The van der Waals surface area contributed by atoms with Crippen molar-refractivity contribution in [3.8, 4) is 0 Å². The molecule has 0 fully saturated rings. The van der Waals surface area contributed by atoms with E-state index in [4.69, 9.17) is 0 Å². The van der Waals surface area contributed by atoms with Crippen LogP contribution in [0.3, 0.4) is 0 Å². The molecule has 0 bridgehead atoms. The third-order valence-corrected chi connectivity index (χ3v) is 4.19. The van der Waals surface area contributed by atoms with Gasteiger partial charge in [-0.15, -0.1) is 0 Å². The molecule has 2 aromatic rings. The van der Waals surface area contributed by atoms with Gasteiger partial charge in [0, 0.05) is 23.2 Å². The van der Waals surface area contributed by atoms with Crippen molar-refractivity contribution in [2.24, 2.45) is 4.99 Å². The molecule has 2 aromatic carbocycles. The number of aryl methyl sites for hydroxylation is 2. The summed E-state index contributed by atoms with van der Waals surface area (Å²) in [5.74, 6) is 0. The SMILES string of the molecule is C=C(C)Nc1cccc(CC(=C)c2cc(C)c(CC)cc2N=CC)c1. The lowest BCUT2D eigenvalue weighted by Crippen LogP contribution is -1.97. The molecule has 0 aromatic heterocycles. The van der Waals surface area contributed by atoms with Crippen molar-refractivity contribution in [1.29, 1.82) is 0 Å². The molecule has 0 aliphatic heterocycles. The molecule has 0 radical (unpaired) electrons. The normalized spacial score (nSPS) is 10.9. The summed E-state index contributed by atoms with van der Waals surface area (Å²) in [6.07, 6.45) is 3.65. The van der Waals surface area contributed by atoms with Crippen molar-refractivity contribution in [2.45, 2.75) is 40.5 Å². The molecule has 0 atom stereocenters. The van der Waals surface area contributed by atoms with Crippen LogP contribution in [0.25, 0.3) is 5.57 Å². The Morgan fingerprint density at radius 3 is 2.60 bits per heavy atom. The van der Waals surface area contributed by atoms with Gasteiger partial charge in [-0.25, -0.2) is 0 Å². The first kappa shape index (κ1) is 18.7. The Kier molecular flexibility index (Phi) is 6.35. The van der Waals surface area contributed by atoms with Crippen LogP contribution in [0.2, 0.25) is 0 Å². The molecule has 2 heteroatoms. The number of hydrogen-bond donors (Lipinski definition) is 1. The average Bonchev–Trinajstić information content (AvgIpc) is 2.56. The molecule has 130 valence electrons. The first-order valence-electron chi connectivity index (χ1n) is 8.76. The summed E-state index contributed by atoms with van der Waals surface area (Å²) >= 11 is 0. The quantitative estimate of drug-likeness (QED) is 0.576. The minimum absolute atomic E-state index is 0.795. The zero-order valence-corrected chi connectivity index (χ0v) is 15.8. The minimum atomic E-state index is 0.795. The predicted molar refractivity (Wildman–Crippen MR) is 112 cm³/mol. The Labute approximate surface area is 152 Å². The Bertz CT molecular complexity index is 813. The molecule has 0 heterocycles. The molecular formula is C23H28N2. The Morgan fingerprint density at radius 1 is 1.20 bits per heavy atom. The first-order chi connectivity index (χ1) is 11.9. The van der Waals surface area contributed by atoms with E-state index in [0.717, 1.165) is 41.1 Å². The van der Waals surface area contributed by atoms with Crippen LogP contribution in [0.4, 0.5) is 11.4 Å². The molecule has 2 nitrogen and oxygen atoms in total. The minimum Gasteiger partial charge on any atom is -0.360 e. The standard InChI is InChI=1S/C23H28N2/c1-7-20-15-23(24-8-2)22(13-17(20)5)18(6)12-19-10-9-11-21(14-19)25-16(3)4/h8-11,13-15,25H,3,6-7,12H2,1-2,4-5H3. The van der Waals surface area contributed by atoms with Gasteiger partial charge in [0.15, 0.2) is 0 Å². The highest BCUT2D eigenvalue weighted by molar-refractivity contribution is 5.78. The summed E-state index contributed by atoms with van der Waals surface area (Å²) in [5.41, 5.74) is 9.07. The molecule has 0 spiro atoms. The average molecular weight is 332 g/mol. The van der Waals surface area contributed by atoms with E-state index in [1.807, 2.05) is 26.1 Å². The third kappa shape index (κ3) is 4.93. The Balaban J connectivity index is 2.32. The van der Waals surface area contributed by atoms with Gasteiger partial charge in [0.1, 0.15) is 0 Å². The lowest BCUT2D eigenvalue weighted by Gasteiger charge is -2.14. The van der Waals surface area contributed by atoms with E-state index in [-0.39, 0.29) is 0 Å². The number of hydrogen-bond acceptors (Lipinski definition) is 2. The van der Waals surface area contributed by atoms with Crippen LogP contribution >= 0.6 is 0 Å². The van der Waals surface area contributed by atoms with Crippen molar-refractivity contribution in [2.75, 3.05) is 5.32 Å². The monoisotopic (exact) mass is 332 g/mol. The number of rotatable bonds is 7. The molecule has 25 heavy (non-hydrogen) atoms. The summed E-state index contributed by atoms with van der Waals surface area (Å²) in [7, 11) is 0. The second kappa shape index (κ2) is 8.48. The van der Waals surface area contributed by atoms with Crippen molar-refractivity contribution < 1.29 is 0 Å². The smallest absolute Gasteiger partial charge is 0.0703 e. The van der Waals surface area contributed by atoms with Gasteiger partial charge in [-0.3, -0.25) is 4.99 Å². The molecule has 1 N–H and O–H groups in total. The van der Waals surface area contributed by atoms with Gasteiger partial charge in [-0.05, 0) is 80.1 Å². The largest absolute Gasteiger partial charge is 0.360 e. The highest BCUT2D eigenvalue weighted by Gasteiger charge is 2.10. The molecule has 2 rings (SSSR count). The molecule has 0 aliphatic carbocycles. The number of aliphatic imine (C=N–C) groups is 1. The van der Waals surface area contributed by atoms with Gasteiger partial charge in [0.25, 0.3) is 0 Å². The predicted octanol–water partition coefficient (Wildman–Crippen LogP) is 6.48. The Morgan fingerprint density at radius 2 is 1.96 bits per heavy atom. The molecule has 0 saturated heterocycles. The summed E-state index contributed by atoms with van der Waals surface area (Å²) in [6, 6.07) is 12.8. The van der Waals surface area contributed by atoms with Gasteiger partial charge in [-0.2, -0.15) is 0 Å². The van der Waals surface area contributed by atoms with Crippen LogP contribution < -0.4 is 5.32 Å². The fourth-order valence-electron chi connectivity index (χ4n) is 3.00. The zero-order chi connectivity index (χ0) is 18.4. The van der Waals surface area contributed by atoms with Crippen molar-refractivity contribution >= 4 is 23.2 Å². The van der Waals surface area contributed by atoms with E-state index in [2.05, 4.69) is 67.6 Å². The maximum absolute atomic E-state index is 4.57. The number of anilines is 1. The Hall–Kier alpha value is -2.61. The maximum atomic E-state index is 4.57. The maximum Gasteiger partial charge on any atom is 0.0703 e. The lowest BCUT2D eigenvalue weighted by atomic mass is 9.93. The van der Waals surface area contributed by atoms with E-state index in [1.54, 1.807) is 0 Å². The van der Waals surface area contributed by atoms with Crippen LogP contribution in [-0.4, -0.2) is 6.21 Å². The topological polar surface area (TPSA) is 24.4 Å². The van der Waals surface area contributed by atoms with E-state index < -0.39 is 0 Å². The number of allylic oxidation sites excluding steroid dienone is 2. The van der Waals surface area contributed by atoms with Crippen LogP contribution in [0.15, 0.2) is 60.2 Å². The summed E-state index contributed by atoms with van der Waals surface area (Å²) in [6.45, 7) is 16.5. The second-order valence-electron chi connectivity index (χ2n) is 6.42. The van der Waals surface area contributed by atoms with E-state index in [9.17, 15) is 0 Å². The molecule has 0 saturated carbocycles. The highest BCUT2D eigenvalue weighted by Crippen LogP contribution is 2.31. The lowest BCUT2D eigenvalue weighted by molar-refractivity contribution is 1.10. The fraction of sp³-hybridized carbons (Fsp3) is 0.261. The van der Waals surface area contributed by atoms with Crippen molar-refractivity contribution in [3.05, 3.63) is 77.5 Å². The molecular weight excluding hydrogens is 304 g/mol. The highest BCUT2D eigenvalue weighted by atomic mass is 14.9. The van der Waals surface area contributed by atoms with Crippen molar-refractivity contribution in [1.82, 2.24) is 0 Å². The second-order valence-corrected chi connectivity index (χ2v) is 6.42. The molecule has 0 amide bonds. The van der Waals surface area contributed by atoms with Crippen LogP contribution in [0.5, 0.6) is 0 Å². The third-order valence-electron chi connectivity index (χ3n) is 4.19. The van der Waals surface area contributed by atoms with E-state index in [0.29, 0.717) is 0 Å². The van der Waals surface area contributed by atoms with Gasteiger partial charge in [0.2, 0.25) is 0 Å². The van der Waals surface area contributed by atoms with E-state index in [1.165, 1.54) is 16.7 Å². The van der Waals surface area contributed by atoms with Gasteiger partial charge in [0.05, 0.1) is 5.69 Å². The summed E-state index contributed by atoms with van der Waals surface area (Å²) < 4.78 is 0. The van der Waals surface area contributed by atoms with Gasteiger partial charge >= 0.3 is 0 Å². The zero-order valence-electron chi connectivity index (χ0n) is 15.8. The molecule has 0 aliphatic rings. The first-order valence-corrected chi connectivity index (χ1v) is 8.76. The van der Waals surface area contributed by atoms with Crippen LogP contribution in [-0.2, 0) is 12.8 Å². The molecule has 0 unspecified atom stereocenters. The number of nitrogens with zero attached hydrogens (tertiary/aromatic N) is 1. The van der Waals surface area contributed by atoms with Gasteiger partial charge < -0.3 is 5.32 Å². The fourth-order valence-corrected chi connectivity index (χ4v) is 3.00. The summed E-state index contributed by atoms with van der Waals surface area (Å²) in [4.78, 5) is 4.57. The van der Waals surface area contributed by atoms with Crippen LogP contribution in [0, 0.1) is 6.92 Å². The summed E-state index contributed by atoms with van der Waals surface area (Å²) in [5, 5.41) is 3.27.